The number of nitrogens with one attached hydrogen (secondary N) is 1. The van der Waals surface area contributed by atoms with Crippen LogP contribution in [-0.4, -0.2) is 25.2 Å². The fourth-order valence-corrected chi connectivity index (χ4v) is 2.87. The first kappa shape index (κ1) is 19.5. The summed E-state index contributed by atoms with van der Waals surface area (Å²) in [4.78, 5) is 29.6. The Balaban J connectivity index is 1.86. The van der Waals surface area contributed by atoms with Crippen LogP contribution in [0, 0.1) is 19.7 Å². The van der Waals surface area contributed by atoms with Crippen molar-refractivity contribution in [1.82, 2.24) is 24.6 Å². The second kappa shape index (κ2) is 8.16. The van der Waals surface area contributed by atoms with Gasteiger partial charge in [-0.15, -0.1) is 0 Å². The summed E-state index contributed by atoms with van der Waals surface area (Å²) in [6.45, 7) is 5.68. The topological polar surface area (TPSA) is 81.8 Å². The van der Waals surface area contributed by atoms with Crippen molar-refractivity contribution in [2.45, 2.75) is 40.3 Å². The summed E-state index contributed by atoms with van der Waals surface area (Å²) in [7, 11) is 0. The average Bonchev–Trinajstić information content (AvgIpc) is 3.00. The van der Waals surface area contributed by atoms with E-state index >= 15 is 0 Å². The van der Waals surface area contributed by atoms with Crippen molar-refractivity contribution in [3.8, 4) is 5.95 Å². The van der Waals surface area contributed by atoms with Gasteiger partial charge >= 0.3 is 0 Å². The molecule has 7 nitrogen and oxygen atoms in total. The second-order valence-corrected chi connectivity index (χ2v) is 6.57. The summed E-state index contributed by atoms with van der Waals surface area (Å²) in [5.41, 5.74) is 2.70. The van der Waals surface area contributed by atoms with Crippen LogP contribution in [-0.2, 0) is 24.3 Å². The van der Waals surface area contributed by atoms with Crippen molar-refractivity contribution in [3.63, 3.8) is 0 Å². The molecule has 28 heavy (non-hydrogen) atoms. The van der Waals surface area contributed by atoms with Crippen LogP contribution in [0.15, 0.2) is 41.2 Å². The minimum atomic E-state index is -0.347. The Morgan fingerprint density at radius 1 is 1.18 bits per heavy atom. The standard InChI is InChI=1S/C20H22FN5O2/c1-4-17-10-19(28)25(20(23-17)26-14(3)9-13(2)24-26)12-18(27)22-11-15-5-7-16(21)8-6-15/h5-10H,4,11-12H2,1-3H3,(H,22,27). The van der Waals surface area contributed by atoms with E-state index < -0.39 is 0 Å². The smallest absolute Gasteiger partial charge is 0.255 e. The van der Waals surface area contributed by atoms with Crippen molar-refractivity contribution in [2.75, 3.05) is 0 Å². The SMILES string of the molecule is CCc1cc(=O)n(CC(=O)NCc2ccc(F)cc2)c(-n2nc(C)cc2C)n1. The molecule has 2 heterocycles. The fraction of sp³-hybridized carbons (Fsp3) is 0.300. The van der Waals surface area contributed by atoms with Crippen LogP contribution in [0.2, 0.25) is 0 Å². The van der Waals surface area contributed by atoms with Crippen LogP contribution < -0.4 is 10.9 Å². The molecule has 0 saturated carbocycles. The van der Waals surface area contributed by atoms with Crippen LogP contribution in [0.1, 0.15) is 29.6 Å². The lowest BCUT2D eigenvalue weighted by molar-refractivity contribution is -0.121. The molecule has 0 atom stereocenters. The molecular formula is C20H22FN5O2. The molecule has 8 heteroatoms. The predicted octanol–water partition coefficient (Wildman–Crippen LogP) is 2.06. The van der Waals surface area contributed by atoms with E-state index in [0.717, 1.165) is 17.0 Å². The van der Waals surface area contributed by atoms with Gasteiger partial charge in [0.1, 0.15) is 12.4 Å². The molecule has 1 aromatic carbocycles. The Bertz CT molecular complexity index is 1050. The minimum absolute atomic E-state index is 0.190. The van der Waals surface area contributed by atoms with Gasteiger partial charge in [-0.05, 0) is 44.0 Å². The summed E-state index contributed by atoms with van der Waals surface area (Å²) < 4.78 is 15.9. The first-order chi connectivity index (χ1) is 13.4. The average molecular weight is 383 g/mol. The number of carbonyl (C=O) groups excluding carboxylic acids is 1. The molecule has 0 fully saturated rings. The highest BCUT2D eigenvalue weighted by Gasteiger charge is 2.16. The van der Waals surface area contributed by atoms with E-state index in [1.165, 1.54) is 22.8 Å². The zero-order valence-corrected chi connectivity index (χ0v) is 16.1. The van der Waals surface area contributed by atoms with Gasteiger partial charge in [0.05, 0.1) is 5.69 Å². The van der Waals surface area contributed by atoms with Crippen LogP contribution >= 0.6 is 0 Å². The number of hydrogen-bond acceptors (Lipinski definition) is 4. The summed E-state index contributed by atoms with van der Waals surface area (Å²) in [6.07, 6.45) is 0.596. The van der Waals surface area contributed by atoms with E-state index in [0.29, 0.717) is 18.1 Å². The second-order valence-electron chi connectivity index (χ2n) is 6.57. The van der Waals surface area contributed by atoms with E-state index in [9.17, 15) is 14.0 Å². The van der Waals surface area contributed by atoms with Gasteiger partial charge in [-0.3, -0.25) is 14.2 Å². The maximum absolute atomic E-state index is 13.0. The van der Waals surface area contributed by atoms with Crippen LogP contribution in [0.25, 0.3) is 5.95 Å². The normalized spacial score (nSPS) is 10.9. The number of carbonyl (C=O) groups is 1. The third kappa shape index (κ3) is 4.33. The summed E-state index contributed by atoms with van der Waals surface area (Å²) in [5.74, 6) is -0.370. The van der Waals surface area contributed by atoms with E-state index in [1.54, 1.807) is 16.8 Å². The van der Waals surface area contributed by atoms with Crippen LogP contribution in [0.3, 0.4) is 0 Å². The molecule has 0 aliphatic heterocycles. The molecule has 0 radical (unpaired) electrons. The zero-order chi connectivity index (χ0) is 20.3. The van der Waals surface area contributed by atoms with Gasteiger partial charge in [-0.25, -0.2) is 14.1 Å². The van der Waals surface area contributed by atoms with E-state index in [-0.39, 0.29) is 30.4 Å². The summed E-state index contributed by atoms with van der Waals surface area (Å²) in [6, 6.07) is 9.17. The van der Waals surface area contributed by atoms with Crippen molar-refractivity contribution >= 4 is 5.91 Å². The lowest BCUT2D eigenvalue weighted by atomic mass is 10.2. The third-order valence-electron chi connectivity index (χ3n) is 4.31. The Labute approximate surface area is 161 Å². The molecule has 0 spiro atoms. The quantitative estimate of drug-likeness (QED) is 0.706. The molecule has 0 aliphatic rings. The first-order valence-electron chi connectivity index (χ1n) is 9.03. The number of halogens is 1. The monoisotopic (exact) mass is 383 g/mol. The first-order valence-corrected chi connectivity index (χ1v) is 9.03. The van der Waals surface area contributed by atoms with Crippen molar-refractivity contribution in [3.05, 3.63) is 75.2 Å². The molecule has 1 amide bonds. The largest absolute Gasteiger partial charge is 0.350 e. The molecule has 0 unspecified atom stereocenters. The molecule has 146 valence electrons. The van der Waals surface area contributed by atoms with Gasteiger partial charge in [-0.1, -0.05) is 19.1 Å². The number of rotatable bonds is 6. The molecule has 3 aromatic rings. The van der Waals surface area contributed by atoms with Gasteiger partial charge in [0.15, 0.2) is 0 Å². The number of amides is 1. The predicted molar refractivity (Wildman–Crippen MR) is 103 cm³/mol. The number of hydrogen-bond donors (Lipinski definition) is 1. The number of nitrogens with zero attached hydrogens (tertiary/aromatic N) is 4. The molecule has 1 N–H and O–H groups in total. The van der Waals surface area contributed by atoms with Crippen molar-refractivity contribution < 1.29 is 9.18 Å². The molecule has 0 bridgehead atoms. The minimum Gasteiger partial charge on any atom is -0.350 e. The molecule has 0 aliphatic carbocycles. The third-order valence-corrected chi connectivity index (χ3v) is 4.31. The molecule has 3 rings (SSSR count). The van der Waals surface area contributed by atoms with Gasteiger partial charge in [0.25, 0.3) is 5.56 Å². The van der Waals surface area contributed by atoms with Gasteiger partial charge in [-0.2, -0.15) is 5.10 Å². The number of benzene rings is 1. The maximum atomic E-state index is 13.0. The van der Waals surface area contributed by atoms with Crippen molar-refractivity contribution in [1.29, 1.82) is 0 Å². The lowest BCUT2D eigenvalue weighted by Crippen LogP contribution is -2.35. The zero-order valence-electron chi connectivity index (χ0n) is 16.1. The van der Waals surface area contributed by atoms with E-state index in [4.69, 9.17) is 0 Å². The molecule has 0 saturated heterocycles. The van der Waals surface area contributed by atoms with Gasteiger partial charge in [0.2, 0.25) is 11.9 Å². The highest BCUT2D eigenvalue weighted by molar-refractivity contribution is 5.75. The van der Waals surface area contributed by atoms with E-state index in [1.807, 2.05) is 26.8 Å². The van der Waals surface area contributed by atoms with E-state index in [2.05, 4.69) is 15.4 Å². The van der Waals surface area contributed by atoms with Gasteiger partial charge < -0.3 is 5.32 Å². The highest BCUT2D eigenvalue weighted by atomic mass is 19.1. The maximum Gasteiger partial charge on any atom is 0.255 e. The van der Waals surface area contributed by atoms with Crippen LogP contribution in [0.5, 0.6) is 0 Å². The fourth-order valence-electron chi connectivity index (χ4n) is 2.87. The highest BCUT2D eigenvalue weighted by Crippen LogP contribution is 2.10. The molecular weight excluding hydrogens is 361 g/mol. The Morgan fingerprint density at radius 3 is 2.50 bits per heavy atom. The van der Waals surface area contributed by atoms with Gasteiger partial charge in [0, 0.05) is 24.0 Å². The van der Waals surface area contributed by atoms with Crippen LogP contribution in [0.4, 0.5) is 4.39 Å². The number of aromatic nitrogens is 4. The molecule has 2 aromatic heterocycles. The Kier molecular flexibility index (Phi) is 5.67. The summed E-state index contributed by atoms with van der Waals surface area (Å²) >= 11 is 0. The lowest BCUT2D eigenvalue weighted by Gasteiger charge is -2.14. The Hall–Kier alpha value is -3.29. The summed E-state index contributed by atoms with van der Waals surface area (Å²) in [5, 5.41) is 7.14. The number of aryl methyl sites for hydroxylation is 3. The Morgan fingerprint density at radius 2 is 1.89 bits per heavy atom. The van der Waals surface area contributed by atoms with Crippen molar-refractivity contribution in [2.24, 2.45) is 0 Å².